The maximum absolute atomic E-state index is 12.0. The molecule has 0 saturated carbocycles. The number of aryl methyl sites for hydroxylation is 1. The van der Waals surface area contributed by atoms with Crippen molar-refractivity contribution in [1.29, 1.82) is 0 Å². The summed E-state index contributed by atoms with van der Waals surface area (Å²) in [5, 5.41) is 8.53. The highest BCUT2D eigenvalue weighted by Gasteiger charge is 2.28. The predicted octanol–water partition coefficient (Wildman–Crippen LogP) is 1.92. The van der Waals surface area contributed by atoms with Crippen molar-refractivity contribution in [2.75, 3.05) is 0 Å². The third kappa shape index (κ3) is 4.61. The molecule has 0 amide bonds. The molecule has 0 radical (unpaired) electrons. The third-order valence-electron chi connectivity index (χ3n) is 2.66. The van der Waals surface area contributed by atoms with Crippen LogP contribution in [0.15, 0.2) is 24.3 Å². The van der Waals surface area contributed by atoms with E-state index in [1.165, 1.54) is 0 Å². The van der Waals surface area contributed by atoms with Gasteiger partial charge in [-0.2, -0.15) is 0 Å². The van der Waals surface area contributed by atoms with Crippen LogP contribution in [0.2, 0.25) is 0 Å². The largest absolute Gasteiger partial charge is 0.481 e. The second-order valence-corrected chi connectivity index (χ2v) is 6.89. The lowest BCUT2D eigenvalue weighted by molar-refractivity contribution is -0.137. The number of nitrogens with two attached hydrogens (primary N) is 1. The first-order valence-electron chi connectivity index (χ1n) is 5.65. The molecule has 1 aromatic rings. The zero-order valence-electron chi connectivity index (χ0n) is 10.2. The van der Waals surface area contributed by atoms with Gasteiger partial charge in [-0.25, -0.2) is 0 Å². The van der Waals surface area contributed by atoms with Crippen LogP contribution in [0.1, 0.15) is 24.0 Å². The molecule has 0 saturated heterocycles. The van der Waals surface area contributed by atoms with Gasteiger partial charge in [-0.05, 0) is 18.9 Å². The number of carboxylic acids is 1. The minimum Gasteiger partial charge on any atom is -0.481 e. The quantitative estimate of drug-likeness (QED) is 0.686. The van der Waals surface area contributed by atoms with E-state index in [2.05, 4.69) is 0 Å². The molecule has 6 heteroatoms. The van der Waals surface area contributed by atoms with E-state index in [9.17, 15) is 14.3 Å². The average Bonchev–Trinajstić information content (AvgIpc) is 2.25. The van der Waals surface area contributed by atoms with Gasteiger partial charge < -0.3 is 15.7 Å². The van der Waals surface area contributed by atoms with Gasteiger partial charge >= 0.3 is 5.97 Å². The van der Waals surface area contributed by atoms with E-state index in [0.717, 1.165) is 11.1 Å². The molecule has 0 aliphatic carbocycles. The van der Waals surface area contributed by atoms with E-state index in [-0.39, 0.29) is 19.0 Å². The topological polar surface area (TPSA) is 101 Å². The Morgan fingerprint density at radius 2 is 2.17 bits per heavy atom. The Morgan fingerprint density at radius 1 is 1.50 bits per heavy atom. The van der Waals surface area contributed by atoms with Crippen molar-refractivity contribution in [2.24, 2.45) is 5.73 Å². The molecule has 100 valence electrons. The molecular formula is C12H18NO4P. The van der Waals surface area contributed by atoms with Gasteiger partial charge in [-0.1, -0.05) is 29.8 Å². The zero-order chi connectivity index (χ0) is 13.8. The molecule has 5 nitrogen and oxygen atoms in total. The maximum atomic E-state index is 12.0. The molecule has 18 heavy (non-hydrogen) atoms. The fraction of sp³-hybridized carbons (Fsp3) is 0.417. The van der Waals surface area contributed by atoms with Crippen molar-refractivity contribution in [3.05, 3.63) is 35.4 Å². The maximum Gasteiger partial charge on any atom is 0.303 e. The Balaban J connectivity index is 2.69. The molecule has 0 aliphatic rings. The summed E-state index contributed by atoms with van der Waals surface area (Å²) in [6.07, 6.45) is -0.204. The van der Waals surface area contributed by atoms with Crippen LogP contribution >= 0.6 is 7.37 Å². The summed E-state index contributed by atoms with van der Waals surface area (Å²) < 4.78 is 12.0. The molecule has 1 rings (SSSR count). The standard InChI is InChI=1S/C12H18NO4P/c1-9-3-2-4-10(7-9)8-18(16,17)11(13)5-6-12(14)15/h2-4,7,11H,5-6,8,13H2,1H3,(H,14,15)(H,16,17). The fourth-order valence-electron chi connectivity index (χ4n) is 1.66. The SMILES string of the molecule is Cc1cccc(CP(=O)(O)C(N)CCC(=O)O)c1. The molecule has 1 aromatic carbocycles. The number of hydrogen-bond acceptors (Lipinski definition) is 3. The van der Waals surface area contributed by atoms with Crippen LogP contribution in [0.4, 0.5) is 0 Å². The Morgan fingerprint density at radius 3 is 2.72 bits per heavy atom. The van der Waals surface area contributed by atoms with Crippen molar-refractivity contribution in [3.63, 3.8) is 0 Å². The molecule has 0 spiro atoms. The van der Waals surface area contributed by atoms with Crippen LogP contribution in [-0.4, -0.2) is 21.8 Å². The fourth-order valence-corrected chi connectivity index (χ4v) is 3.15. The van der Waals surface area contributed by atoms with Crippen molar-refractivity contribution >= 4 is 13.3 Å². The minimum absolute atomic E-state index is 0.00886. The van der Waals surface area contributed by atoms with Crippen LogP contribution in [0.3, 0.4) is 0 Å². The summed E-state index contributed by atoms with van der Waals surface area (Å²) in [6.45, 7) is 1.90. The van der Waals surface area contributed by atoms with Crippen LogP contribution in [0.5, 0.6) is 0 Å². The molecule has 0 fully saturated rings. The van der Waals surface area contributed by atoms with E-state index >= 15 is 0 Å². The van der Waals surface area contributed by atoms with E-state index in [4.69, 9.17) is 10.8 Å². The predicted molar refractivity (Wildman–Crippen MR) is 69.6 cm³/mol. The smallest absolute Gasteiger partial charge is 0.303 e. The highest BCUT2D eigenvalue weighted by molar-refractivity contribution is 7.57. The minimum atomic E-state index is -3.57. The second kappa shape index (κ2) is 6.14. The lowest BCUT2D eigenvalue weighted by atomic mass is 10.2. The van der Waals surface area contributed by atoms with Crippen LogP contribution < -0.4 is 5.73 Å². The van der Waals surface area contributed by atoms with Gasteiger partial charge in [-0.3, -0.25) is 9.36 Å². The van der Waals surface area contributed by atoms with Gasteiger partial charge in [0.1, 0.15) is 0 Å². The summed E-state index contributed by atoms with van der Waals surface area (Å²) in [7, 11) is -3.57. The number of benzene rings is 1. The van der Waals surface area contributed by atoms with Crippen molar-refractivity contribution < 1.29 is 19.4 Å². The van der Waals surface area contributed by atoms with E-state index in [0.29, 0.717) is 0 Å². The highest BCUT2D eigenvalue weighted by atomic mass is 31.2. The number of carboxylic acid groups (broad SMARTS) is 1. The summed E-state index contributed by atoms with van der Waals surface area (Å²) in [6, 6.07) is 7.30. The van der Waals surface area contributed by atoms with Crippen molar-refractivity contribution in [1.82, 2.24) is 0 Å². The molecule has 0 aliphatic heterocycles. The Hall–Kier alpha value is -1.16. The zero-order valence-corrected chi connectivity index (χ0v) is 11.1. The average molecular weight is 271 g/mol. The van der Waals surface area contributed by atoms with Crippen LogP contribution in [-0.2, 0) is 15.5 Å². The second-order valence-electron chi connectivity index (χ2n) is 4.40. The van der Waals surface area contributed by atoms with Gasteiger partial charge in [0.25, 0.3) is 0 Å². The Bertz CT molecular complexity index is 475. The van der Waals surface area contributed by atoms with Gasteiger partial charge in [0.2, 0.25) is 7.37 Å². The third-order valence-corrected chi connectivity index (χ3v) is 4.78. The van der Waals surface area contributed by atoms with Crippen molar-refractivity contribution in [2.45, 2.75) is 31.7 Å². The molecule has 0 bridgehead atoms. The molecule has 0 aromatic heterocycles. The van der Waals surface area contributed by atoms with E-state index < -0.39 is 19.1 Å². The molecule has 0 heterocycles. The lowest BCUT2D eigenvalue weighted by Crippen LogP contribution is -2.22. The van der Waals surface area contributed by atoms with Gasteiger partial charge in [0.05, 0.1) is 11.9 Å². The van der Waals surface area contributed by atoms with Gasteiger partial charge in [0, 0.05) is 6.42 Å². The summed E-state index contributed by atoms with van der Waals surface area (Å²) in [5.41, 5.74) is 7.36. The number of hydrogen-bond donors (Lipinski definition) is 3. The summed E-state index contributed by atoms with van der Waals surface area (Å²) >= 11 is 0. The lowest BCUT2D eigenvalue weighted by Gasteiger charge is -2.18. The first-order valence-corrected chi connectivity index (χ1v) is 7.57. The Labute approximate surface area is 106 Å². The van der Waals surface area contributed by atoms with Crippen LogP contribution in [0, 0.1) is 6.92 Å². The summed E-state index contributed by atoms with van der Waals surface area (Å²) in [5.74, 6) is -2.00. The van der Waals surface area contributed by atoms with Gasteiger partial charge in [-0.15, -0.1) is 0 Å². The van der Waals surface area contributed by atoms with E-state index in [1.54, 1.807) is 6.07 Å². The highest BCUT2D eigenvalue weighted by Crippen LogP contribution is 2.48. The molecule has 2 atom stereocenters. The van der Waals surface area contributed by atoms with Crippen LogP contribution in [0.25, 0.3) is 0 Å². The Kier molecular flexibility index (Phi) is 5.08. The number of aliphatic carboxylic acids is 1. The molecular weight excluding hydrogens is 253 g/mol. The van der Waals surface area contributed by atoms with E-state index in [1.807, 2.05) is 25.1 Å². The first kappa shape index (κ1) is 14.9. The summed E-state index contributed by atoms with van der Waals surface area (Å²) in [4.78, 5) is 20.3. The monoisotopic (exact) mass is 271 g/mol. The number of carbonyl (C=O) groups is 1. The molecule has 4 N–H and O–H groups in total. The first-order chi connectivity index (χ1) is 8.31. The molecule has 2 unspecified atom stereocenters. The van der Waals surface area contributed by atoms with Crippen molar-refractivity contribution in [3.8, 4) is 0 Å². The van der Waals surface area contributed by atoms with Gasteiger partial charge in [0.15, 0.2) is 0 Å². The normalized spacial score (nSPS) is 15.9. The number of rotatable bonds is 6.